The van der Waals surface area contributed by atoms with E-state index in [1.54, 1.807) is 0 Å². The number of benzene rings is 1. The predicted molar refractivity (Wildman–Crippen MR) is 51.7 cm³/mol. The summed E-state index contributed by atoms with van der Waals surface area (Å²) in [5.74, 6) is 0.467. The Hall–Kier alpha value is -0.630. The molecule has 0 aliphatic heterocycles. The number of ketones is 1. The van der Waals surface area contributed by atoms with Crippen molar-refractivity contribution in [3.8, 4) is 0 Å². The van der Waals surface area contributed by atoms with Crippen LogP contribution >= 0.6 is 15.9 Å². The van der Waals surface area contributed by atoms with E-state index in [0.29, 0.717) is 11.1 Å². The van der Waals surface area contributed by atoms with Crippen LogP contribution in [0.15, 0.2) is 24.3 Å². The summed E-state index contributed by atoms with van der Waals surface area (Å²) in [7, 11) is 0. The molecule has 0 saturated carbocycles. The minimum atomic E-state index is 0.167. The maximum absolute atomic E-state index is 11.3. The molecule has 0 fully saturated rings. The summed E-state index contributed by atoms with van der Waals surface area (Å²) in [6.07, 6.45) is 0.931. The topological polar surface area (TPSA) is 17.1 Å². The van der Waals surface area contributed by atoms with Crippen LogP contribution in [0, 0.1) is 0 Å². The van der Waals surface area contributed by atoms with Gasteiger partial charge in [0.05, 0.1) is 5.33 Å². The molecule has 0 saturated heterocycles. The Balaban J connectivity index is 2.25. The third-order valence-corrected chi connectivity index (χ3v) is 2.93. The van der Waals surface area contributed by atoms with Crippen LogP contribution in [-0.2, 0) is 11.2 Å². The number of Topliss-reactive ketones (excluding diaryl/α,β-unsaturated/α-hetero) is 1. The summed E-state index contributed by atoms with van der Waals surface area (Å²) in [5, 5.41) is 0.478. The average molecular weight is 225 g/mol. The highest BCUT2D eigenvalue weighted by Gasteiger charge is 2.30. The minimum Gasteiger partial charge on any atom is -0.298 e. The van der Waals surface area contributed by atoms with Crippen molar-refractivity contribution in [3.05, 3.63) is 35.4 Å². The van der Waals surface area contributed by atoms with Gasteiger partial charge in [-0.3, -0.25) is 4.79 Å². The Morgan fingerprint density at radius 1 is 1.50 bits per heavy atom. The van der Waals surface area contributed by atoms with E-state index in [4.69, 9.17) is 0 Å². The first kappa shape index (κ1) is 7.99. The lowest BCUT2D eigenvalue weighted by Gasteiger charge is -2.28. The van der Waals surface area contributed by atoms with Gasteiger partial charge in [-0.2, -0.15) is 0 Å². The van der Waals surface area contributed by atoms with E-state index in [2.05, 4.69) is 22.0 Å². The summed E-state index contributed by atoms with van der Waals surface area (Å²) < 4.78 is 0. The highest BCUT2D eigenvalue weighted by molar-refractivity contribution is 9.09. The number of alkyl halides is 1. The quantitative estimate of drug-likeness (QED) is 0.705. The zero-order valence-electron chi connectivity index (χ0n) is 6.59. The maximum Gasteiger partial charge on any atom is 0.151 e. The fourth-order valence-corrected chi connectivity index (χ4v) is 2.03. The van der Waals surface area contributed by atoms with Crippen LogP contribution in [0.2, 0.25) is 0 Å². The highest BCUT2D eigenvalue weighted by atomic mass is 79.9. The summed E-state index contributed by atoms with van der Waals surface area (Å²) in [6.45, 7) is 0. The number of carbonyl (C=O) groups is 1. The highest BCUT2D eigenvalue weighted by Crippen LogP contribution is 2.35. The zero-order valence-corrected chi connectivity index (χ0v) is 8.17. The van der Waals surface area contributed by atoms with Crippen LogP contribution in [0.5, 0.6) is 0 Å². The van der Waals surface area contributed by atoms with Gasteiger partial charge in [0.1, 0.15) is 0 Å². The van der Waals surface area contributed by atoms with Crippen LogP contribution in [0.4, 0.5) is 0 Å². The van der Waals surface area contributed by atoms with Crippen LogP contribution in [0.25, 0.3) is 0 Å². The fraction of sp³-hybridized carbons (Fsp3) is 0.300. The van der Waals surface area contributed by atoms with E-state index in [1.807, 2.05) is 18.2 Å². The normalized spacial score (nSPS) is 19.6. The third kappa shape index (κ3) is 1.11. The number of rotatable bonds is 2. The minimum absolute atomic E-state index is 0.167. The number of hydrogen-bond acceptors (Lipinski definition) is 1. The molecule has 1 aliphatic carbocycles. The van der Waals surface area contributed by atoms with Crippen LogP contribution in [0.3, 0.4) is 0 Å². The first-order valence-electron chi connectivity index (χ1n) is 3.99. The number of carbonyl (C=O) groups excluding carboxylic acids is 1. The van der Waals surface area contributed by atoms with Gasteiger partial charge in [-0.1, -0.05) is 40.2 Å². The SMILES string of the molecule is O=C(CBr)[C@H]1Cc2ccccc21. The van der Waals surface area contributed by atoms with E-state index in [9.17, 15) is 4.79 Å². The lowest BCUT2D eigenvalue weighted by Crippen LogP contribution is -2.25. The summed E-state index contributed by atoms with van der Waals surface area (Å²) in [4.78, 5) is 11.3. The van der Waals surface area contributed by atoms with Gasteiger partial charge in [0.15, 0.2) is 5.78 Å². The molecule has 1 aromatic rings. The molecule has 0 bridgehead atoms. The van der Waals surface area contributed by atoms with Crippen molar-refractivity contribution < 1.29 is 4.79 Å². The molecule has 0 spiro atoms. The predicted octanol–water partition coefficient (Wildman–Crippen LogP) is 2.29. The van der Waals surface area contributed by atoms with Crippen LogP contribution in [-0.4, -0.2) is 11.1 Å². The second-order valence-electron chi connectivity index (χ2n) is 3.06. The molecule has 0 N–H and O–H groups in total. The molecule has 1 aromatic carbocycles. The van der Waals surface area contributed by atoms with Crippen molar-refractivity contribution in [2.75, 3.05) is 5.33 Å². The van der Waals surface area contributed by atoms with E-state index < -0.39 is 0 Å². The largest absolute Gasteiger partial charge is 0.298 e. The lowest BCUT2D eigenvalue weighted by atomic mass is 9.76. The molecular weight excluding hydrogens is 216 g/mol. The summed E-state index contributed by atoms with van der Waals surface area (Å²) in [5.41, 5.74) is 2.55. The Morgan fingerprint density at radius 2 is 2.25 bits per heavy atom. The second kappa shape index (κ2) is 3.02. The van der Waals surface area contributed by atoms with Gasteiger partial charge in [0, 0.05) is 5.92 Å². The third-order valence-electron chi connectivity index (χ3n) is 2.37. The van der Waals surface area contributed by atoms with Gasteiger partial charge in [0.2, 0.25) is 0 Å². The smallest absolute Gasteiger partial charge is 0.151 e. The molecular formula is C10H9BrO. The van der Waals surface area contributed by atoms with Gasteiger partial charge >= 0.3 is 0 Å². The molecule has 1 nitrogen and oxygen atoms in total. The van der Waals surface area contributed by atoms with Crippen LogP contribution in [0.1, 0.15) is 17.0 Å². The number of halogens is 1. The Morgan fingerprint density at radius 3 is 2.92 bits per heavy atom. The number of fused-ring (bicyclic) bond motifs is 1. The van der Waals surface area contributed by atoms with Crippen molar-refractivity contribution in [3.63, 3.8) is 0 Å². The Bertz CT molecular complexity index is 319. The Labute approximate surface area is 79.9 Å². The first-order chi connectivity index (χ1) is 5.83. The van der Waals surface area contributed by atoms with E-state index in [0.717, 1.165) is 6.42 Å². The molecule has 0 heterocycles. The monoisotopic (exact) mass is 224 g/mol. The van der Waals surface area contributed by atoms with Crippen molar-refractivity contribution >= 4 is 21.7 Å². The number of hydrogen-bond donors (Lipinski definition) is 0. The Kier molecular flexibility index (Phi) is 2.01. The van der Waals surface area contributed by atoms with Crippen molar-refractivity contribution in [1.29, 1.82) is 0 Å². The average Bonchev–Trinajstić information content (AvgIpc) is 2.07. The van der Waals surface area contributed by atoms with E-state index in [-0.39, 0.29) is 5.92 Å². The van der Waals surface area contributed by atoms with Gasteiger partial charge in [0.25, 0.3) is 0 Å². The molecule has 62 valence electrons. The molecule has 0 radical (unpaired) electrons. The molecule has 2 rings (SSSR count). The van der Waals surface area contributed by atoms with E-state index in [1.165, 1.54) is 11.1 Å². The van der Waals surface area contributed by atoms with Gasteiger partial charge in [-0.25, -0.2) is 0 Å². The van der Waals surface area contributed by atoms with Crippen molar-refractivity contribution in [2.45, 2.75) is 12.3 Å². The molecule has 0 amide bonds. The molecule has 1 aliphatic rings. The standard InChI is InChI=1S/C10H9BrO/c11-6-10(12)9-5-7-3-1-2-4-8(7)9/h1-4,9H,5-6H2/t9-/m0/s1. The summed E-state index contributed by atoms with van der Waals surface area (Å²) >= 11 is 3.19. The van der Waals surface area contributed by atoms with Crippen LogP contribution < -0.4 is 0 Å². The van der Waals surface area contributed by atoms with Gasteiger partial charge < -0.3 is 0 Å². The van der Waals surface area contributed by atoms with Crippen molar-refractivity contribution in [1.82, 2.24) is 0 Å². The lowest BCUT2D eigenvalue weighted by molar-refractivity contribution is -0.118. The fourth-order valence-electron chi connectivity index (χ4n) is 1.64. The molecule has 1 atom stereocenters. The van der Waals surface area contributed by atoms with Gasteiger partial charge in [-0.15, -0.1) is 0 Å². The first-order valence-corrected chi connectivity index (χ1v) is 5.11. The zero-order chi connectivity index (χ0) is 8.55. The van der Waals surface area contributed by atoms with Crippen molar-refractivity contribution in [2.24, 2.45) is 0 Å². The van der Waals surface area contributed by atoms with Gasteiger partial charge in [-0.05, 0) is 17.5 Å². The summed E-state index contributed by atoms with van der Waals surface area (Å²) in [6, 6.07) is 8.15. The molecule has 12 heavy (non-hydrogen) atoms. The van der Waals surface area contributed by atoms with E-state index >= 15 is 0 Å². The molecule has 2 heteroatoms. The molecule has 0 aromatic heterocycles. The maximum atomic E-state index is 11.3. The molecule has 0 unspecified atom stereocenters. The second-order valence-corrected chi connectivity index (χ2v) is 3.62.